The molecule has 0 radical (unpaired) electrons. The fraction of sp³-hybridized carbons (Fsp3) is 1.00. The Bertz CT molecular complexity index is 249. The molecule has 16 heavy (non-hydrogen) atoms. The van der Waals surface area contributed by atoms with Gasteiger partial charge in [0.15, 0.2) is 0 Å². The molecule has 0 aromatic rings. The zero-order valence-electron chi connectivity index (χ0n) is 10.5. The zero-order valence-corrected chi connectivity index (χ0v) is 10.5. The number of hydrogen-bond donors (Lipinski definition) is 0. The summed E-state index contributed by atoms with van der Waals surface area (Å²) in [4.78, 5) is 0. The van der Waals surface area contributed by atoms with Gasteiger partial charge >= 0.3 is 0 Å². The van der Waals surface area contributed by atoms with Crippen LogP contribution in [0.15, 0.2) is 0 Å². The van der Waals surface area contributed by atoms with Crippen molar-refractivity contribution >= 4 is 0 Å². The van der Waals surface area contributed by atoms with Gasteiger partial charge in [-0.1, -0.05) is 26.7 Å². The molecule has 1 aliphatic heterocycles. The Kier molecular flexibility index (Phi) is 2.97. The summed E-state index contributed by atoms with van der Waals surface area (Å²) < 4.78 is 11.6. The lowest BCUT2D eigenvalue weighted by Crippen LogP contribution is -2.47. The molecule has 5 unspecified atom stereocenters. The highest BCUT2D eigenvalue weighted by Gasteiger charge is 2.48. The minimum Gasteiger partial charge on any atom is -0.349 e. The molecular formula is C14H24O2. The number of ether oxygens (including phenoxy) is 2. The molecule has 92 valence electrons. The van der Waals surface area contributed by atoms with E-state index in [9.17, 15) is 0 Å². The SMILES string of the molecule is CC(C)C1CCCC2CCC3OCOC3C21. The Labute approximate surface area is 98.7 Å². The summed E-state index contributed by atoms with van der Waals surface area (Å²) in [5.41, 5.74) is 0. The van der Waals surface area contributed by atoms with Crippen molar-refractivity contribution in [2.45, 2.75) is 58.2 Å². The maximum absolute atomic E-state index is 5.88. The molecular weight excluding hydrogens is 200 g/mol. The molecule has 2 heteroatoms. The van der Waals surface area contributed by atoms with E-state index in [1.807, 2.05) is 0 Å². The van der Waals surface area contributed by atoms with E-state index >= 15 is 0 Å². The van der Waals surface area contributed by atoms with Gasteiger partial charge in [-0.3, -0.25) is 0 Å². The largest absolute Gasteiger partial charge is 0.349 e. The second kappa shape index (κ2) is 4.30. The molecule has 0 spiro atoms. The molecule has 1 saturated heterocycles. The molecule has 1 heterocycles. The van der Waals surface area contributed by atoms with Gasteiger partial charge in [0, 0.05) is 0 Å². The second-order valence-corrected chi connectivity index (χ2v) is 6.21. The van der Waals surface area contributed by atoms with Gasteiger partial charge in [0.2, 0.25) is 0 Å². The maximum atomic E-state index is 5.88. The van der Waals surface area contributed by atoms with Gasteiger partial charge in [0.05, 0.1) is 12.2 Å². The topological polar surface area (TPSA) is 18.5 Å². The van der Waals surface area contributed by atoms with E-state index < -0.39 is 0 Å². The summed E-state index contributed by atoms with van der Waals surface area (Å²) >= 11 is 0. The van der Waals surface area contributed by atoms with E-state index in [-0.39, 0.29) is 0 Å². The Balaban J connectivity index is 1.82. The lowest BCUT2D eigenvalue weighted by atomic mass is 9.61. The van der Waals surface area contributed by atoms with Crippen molar-refractivity contribution in [3.63, 3.8) is 0 Å². The normalized spacial score (nSPS) is 47.8. The van der Waals surface area contributed by atoms with E-state index in [1.54, 1.807) is 0 Å². The van der Waals surface area contributed by atoms with Gasteiger partial charge < -0.3 is 9.47 Å². The van der Waals surface area contributed by atoms with E-state index in [0.717, 1.165) is 23.7 Å². The van der Waals surface area contributed by atoms with Crippen molar-refractivity contribution in [1.29, 1.82) is 0 Å². The standard InChI is InChI=1S/C14H24O2/c1-9(2)11-5-3-4-10-6-7-12-14(13(10)11)16-8-15-12/h9-14H,3-8H2,1-2H3. The minimum atomic E-state index is 0.417. The first-order valence-corrected chi connectivity index (χ1v) is 7.00. The highest BCUT2D eigenvalue weighted by molar-refractivity contribution is 4.96. The molecule has 0 N–H and O–H groups in total. The molecule has 5 atom stereocenters. The first-order valence-electron chi connectivity index (χ1n) is 7.00. The molecule has 3 fully saturated rings. The van der Waals surface area contributed by atoms with Crippen molar-refractivity contribution < 1.29 is 9.47 Å². The van der Waals surface area contributed by atoms with Gasteiger partial charge in [-0.15, -0.1) is 0 Å². The van der Waals surface area contributed by atoms with Crippen LogP contribution in [0.3, 0.4) is 0 Å². The van der Waals surface area contributed by atoms with Crippen LogP contribution in [0.4, 0.5) is 0 Å². The fourth-order valence-corrected chi connectivity index (χ4v) is 4.37. The summed E-state index contributed by atoms with van der Waals surface area (Å²) in [6.45, 7) is 5.31. The van der Waals surface area contributed by atoms with Crippen LogP contribution in [0, 0.1) is 23.7 Å². The Hall–Kier alpha value is -0.0800. The van der Waals surface area contributed by atoms with Gasteiger partial charge in [-0.25, -0.2) is 0 Å². The highest BCUT2D eigenvalue weighted by Crippen LogP contribution is 2.49. The Morgan fingerprint density at radius 1 is 1.00 bits per heavy atom. The average Bonchev–Trinajstić information content (AvgIpc) is 2.76. The highest BCUT2D eigenvalue weighted by atomic mass is 16.7. The summed E-state index contributed by atoms with van der Waals surface area (Å²) in [6, 6.07) is 0. The van der Waals surface area contributed by atoms with Gasteiger partial charge in [-0.05, 0) is 42.9 Å². The van der Waals surface area contributed by atoms with E-state index in [2.05, 4.69) is 13.8 Å². The predicted octanol–water partition coefficient (Wildman–Crippen LogP) is 3.21. The van der Waals surface area contributed by atoms with Crippen molar-refractivity contribution in [2.75, 3.05) is 6.79 Å². The molecule has 2 aliphatic carbocycles. The molecule has 0 aromatic heterocycles. The van der Waals surface area contributed by atoms with Crippen LogP contribution in [0.5, 0.6) is 0 Å². The third-order valence-corrected chi connectivity index (χ3v) is 5.12. The lowest BCUT2D eigenvalue weighted by molar-refractivity contribution is -0.0515. The van der Waals surface area contributed by atoms with E-state index in [1.165, 1.54) is 32.1 Å². The van der Waals surface area contributed by atoms with Crippen LogP contribution < -0.4 is 0 Å². The van der Waals surface area contributed by atoms with Crippen molar-refractivity contribution in [3.05, 3.63) is 0 Å². The molecule has 3 aliphatic rings. The van der Waals surface area contributed by atoms with Crippen molar-refractivity contribution in [1.82, 2.24) is 0 Å². The molecule has 2 nitrogen and oxygen atoms in total. The van der Waals surface area contributed by atoms with Crippen LogP contribution in [0.25, 0.3) is 0 Å². The maximum Gasteiger partial charge on any atom is 0.147 e. The number of rotatable bonds is 1. The quantitative estimate of drug-likeness (QED) is 0.681. The predicted molar refractivity (Wildman–Crippen MR) is 63.0 cm³/mol. The van der Waals surface area contributed by atoms with Crippen LogP contribution in [0.1, 0.15) is 46.0 Å². The first kappa shape index (κ1) is 11.0. The Morgan fingerprint density at radius 3 is 2.69 bits per heavy atom. The Morgan fingerprint density at radius 2 is 1.88 bits per heavy atom. The van der Waals surface area contributed by atoms with Crippen LogP contribution >= 0.6 is 0 Å². The third kappa shape index (κ3) is 1.70. The van der Waals surface area contributed by atoms with Gasteiger partial charge in [0.1, 0.15) is 6.79 Å². The average molecular weight is 224 g/mol. The second-order valence-electron chi connectivity index (χ2n) is 6.21. The fourth-order valence-electron chi connectivity index (χ4n) is 4.37. The minimum absolute atomic E-state index is 0.417. The molecule has 0 bridgehead atoms. The third-order valence-electron chi connectivity index (χ3n) is 5.12. The van der Waals surface area contributed by atoms with Crippen molar-refractivity contribution in [3.8, 4) is 0 Å². The molecule has 2 saturated carbocycles. The summed E-state index contributed by atoms with van der Waals surface area (Å²) in [5.74, 6) is 3.38. The molecule has 0 aromatic carbocycles. The number of hydrogen-bond acceptors (Lipinski definition) is 2. The summed E-state index contributed by atoms with van der Waals surface area (Å²) in [6.07, 6.45) is 7.72. The van der Waals surface area contributed by atoms with Gasteiger partial charge in [0.25, 0.3) is 0 Å². The van der Waals surface area contributed by atoms with Gasteiger partial charge in [-0.2, -0.15) is 0 Å². The monoisotopic (exact) mass is 224 g/mol. The first-order chi connectivity index (χ1) is 7.77. The van der Waals surface area contributed by atoms with Crippen LogP contribution in [0.2, 0.25) is 0 Å². The lowest BCUT2D eigenvalue weighted by Gasteiger charge is -2.47. The van der Waals surface area contributed by atoms with E-state index in [0.29, 0.717) is 19.0 Å². The van der Waals surface area contributed by atoms with Crippen LogP contribution in [-0.2, 0) is 9.47 Å². The zero-order chi connectivity index (χ0) is 11.1. The van der Waals surface area contributed by atoms with E-state index in [4.69, 9.17) is 9.47 Å². The summed E-state index contributed by atoms with van der Waals surface area (Å²) in [7, 11) is 0. The summed E-state index contributed by atoms with van der Waals surface area (Å²) in [5, 5.41) is 0. The molecule has 3 rings (SSSR count). The smallest absolute Gasteiger partial charge is 0.147 e. The van der Waals surface area contributed by atoms with Crippen molar-refractivity contribution in [2.24, 2.45) is 23.7 Å². The number of fused-ring (bicyclic) bond motifs is 3. The molecule has 0 amide bonds. The van der Waals surface area contributed by atoms with Crippen LogP contribution in [-0.4, -0.2) is 19.0 Å².